The van der Waals surface area contributed by atoms with Crippen molar-refractivity contribution in [3.8, 4) is 11.3 Å². The van der Waals surface area contributed by atoms with Gasteiger partial charge in [-0.3, -0.25) is 9.58 Å². The van der Waals surface area contributed by atoms with Crippen LogP contribution in [0.3, 0.4) is 0 Å². The molecule has 0 radical (unpaired) electrons. The molecule has 0 saturated carbocycles. The van der Waals surface area contributed by atoms with E-state index < -0.39 is 16.7 Å². The van der Waals surface area contributed by atoms with Crippen LogP contribution < -0.4 is 4.90 Å². The SMILES string of the molecule is CS(=O)(=O)N1CCc2c(c(-c3ccc(CF)cc3)nn2CCCN2CCN(c3ccccc3N=O)CC2)C1. The average molecular weight is 541 g/mol. The van der Waals surface area contributed by atoms with Gasteiger partial charge in [0.25, 0.3) is 0 Å². The van der Waals surface area contributed by atoms with Gasteiger partial charge in [-0.1, -0.05) is 36.4 Å². The Labute approximate surface area is 222 Å². The van der Waals surface area contributed by atoms with Gasteiger partial charge in [0.1, 0.15) is 12.4 Å². The first-order valence-corrected chi connectivity index (χ1v) is 14.8. The topological polar surface area (TPSA) is 91.1 Å². The third-order valence-corrected chi connectivity index (χ3v) is 8.74. The molecule has 11 heteroatoms. The number of rotatable bonds is 9. The van der Waals surface area contributed by atoms with Gasteiger partial charge in [-0.25, -0.2) is 12.8 Å². The molecule has 1 aromatic heterocycles. The zero-order valence-corrected chi connectivity index (χ0v) is 22.4. The number of nitrogens with zero attached hydrogens (tertiary/aromatic N) is 6. The summed E-state index contributed by atoms with van der Waals surface area (Å²) in [6, 6.07) is 14.7. The van der Waals surface area contributed by atoms with E-state index in [1.165, 1.54) is 10.6 Å². The summed E-state index contributed by atoms with van der Waals surface area (Å²) in [4.78, 5) is 15.8. The molecule has 2 aromatic carbocycles. The molecule has 0 unspecified atom stereocenters. The van der Waals surface area contributed by atoms with Crippen molar-refractivity contribution >= 4 is 21.4 Å². The van der Waals surface area contributed by atoms with Crippen molar-refractivity contribution < 1.29 is 12.8 Å². The molecule has 0 N–H and O–H groups in total. The number of alkyl halides is 1. The smallest absolute Gasteiger partial charge is 0.211 e. The Balaban J connectivity index is 1.26. The lowest BCUT2D eigenvalue weighted by Crippen LogP contribution is -2.46. The number of para-hydroxylation sites is 1. The molecule has 2 aliphatic heterocycles. The number of piperazine rings is 1. The van der Waals surface area contributed by atoms with Crippen LogP contribution in [0.1, 0.15) is 23.2 Å². The number of nitroso groups, excluding NO2 is 1. The van der Waals surface area contributed by atoms with E-state index in [0.717, 1.165) is 73.9 Å². The quantitative estimate of drug-likeness (QED) is 0.382. The molecule has 0 spiro atoms. The minimum absolute atomic E-state index is 0.299. The molecule has 1 saturated heterocycles. The molecule has 2 aliphatic rings. The minimum Gasteiger partial charge on any atom is -0.367 e. The van der Waals surface area contributed by atoms with Crippen molar-refractivity contribution in [2.45, 2.75) is 32.6 Å². The number of aryl methyl sites for hydroxylation is 1. The molecule has 0 amide bonds. The summed E-state index contributed by atoms with van der Waals surface area (Å²) in [5.41, 5.74) is 5.63. The highest BCUT2D eigenvalue weighted by Gasteiger charge is 2.29. The van der Waals surface area contributed by atoms with Crippen LogP contribution in [0.2, 0.25) is 0 Å². The van der Waals surface area contributed by atoms with Crippen LogP contribution in [0.25, 0.3) is 11.3 Å². The maximum atomic E-state index is 13.0. The number of benzene rings is 2. The number of hydrogen-bond acceptors (Lipinski definition) is 7. The normalized spacial score (nSPS) is 16.9. The number of aromatic nitrogens is 2. The Bertz CT molecular complexity index is 1380. The number of halogens is 1. The fourth-order valence-corrected chi connectivity index (χ4v) is 6.17. The second-order valence-corrected chi connectivity index (χ2v) is 11.9. The standard InChI is InChI=1S/C27H33FN6O3S/c1-38(36,37)33-14-11-25-23(20-33)27(22-9-7-21(19-28)8-10-22)29-34(25)13-4-12-31-15-17-32(18-16-31)26-6-3-2-5-24(26)30-35/h2-3,5-10H,4,11-20H2,1H3. The van der Waals surface area contributed by atoms with E-state index in [-0.39, 0.29) is 0 Å². The van der Waals surface area contributed by atoms with Crippen molar-refractivity contribution in [2.75, 3.05) is 50.4 Å². The van der Waals surface area contributed by atoms with Gasteiger partial charge in [0.2, 0.25) is 10.0 Å². The highest BCUT2D eigenvalue weighted by molar-refractivity contribution is 7.88. The van der Waals surface area contributed by atoms with E-state index in [0.29, 0.717) is 30.8 Å². The first kappa shape index (κ1) is 26.5. The molecule has 0 bridgehead atoms. The predicted octanol–water partition coefficient (Wildman–Crippen LogP) is 3.95. The summed E-state index contributed by atoms with van der Waals surface area (Å²) in [5.74, 6) is 0. The first-order chi connectivity index (χ1) is 18.4. The number of hydrogen-bond donors (Lipinski definition) is 0. The molecule has 202 valence electrons. The zero-order valence-electron chi connectivity index (χ0n) is 21.6. The third-order valence-electron chi connectivity index (χ3n) is 7.49. The highest BCUT2D eigenvalue weighted by atomic mass is 32.2. The minimum atomic E-state index is -3.32. The Hall–Kier alpha value is -3.15. The molecule has 1 fully saturated rings. The summed E-state index contributed by atoms with van der Waals surface area (Å²) < 4.78 is 41.1. The highest BCUT2D eigenvalue weighted by Crippen LogP contribution is 2.32. The Morgan fingerprint density at radius 3 is 2.39 bits per heavy atom. The van der Waals surface area contributed by atoms with Gasteiger partial charge >= 0.3 is 0 Å². The monoisotopic (exact) mass is 540 g/mol. The second-order valence-electron chi connectivity index (χ2n) is 9.94. The van der Waals surface area contributed by atoms with E-state index in [4.69, 9.17) is 5.10 Å². The summed E-state index contributed by atoms with van der Waals surface area (Å²) in [6.07, 6.45) is 2.77. The van der Waals surface area contributed by atoms with Gasteiger partial charge in [0, 0.05) is 75.6 Å². The van der Waals surface area contributed by atoms with Crippen molar-refractivity contribution in [3.05, 3.63) is 70.3 Å². The lowest BCUT2D eigenvalue weighted by atomic mass is 10.0. The second kappa shape index (κ2) is 11.3. The molecule has 38 heavy (non-hydrogen) atoms. The molecular formula is C27H33FN6O3S. The predicted molar refractivity (Wildman–Crippen MR) is 147 cm³/mol. The average Bonchev–Trinajstić information content (AvgIpc) is 3.31. The molecule has 0 atom stereocenters. The van der Waals surface area contributed by atoms with Gasteiger partial charge in [-0.15, -0.1) is 4.91 Å². The van der Waals surface area contributed by atoms with Crippen molar-refractivity contribution in [1.29, 1.82) is 0 Å². The fourth-order valence-electron chi connectivity index (χ4n) is 5.38. The summed E-state index contributed by atoms with van der Waals surface area (Å²) in [5, 5.41) is 8.09. The Kier molecular flexibility index (Phi) is 7.87. The van der Waals surface area contributed by atoms with E-state index in [1.54, 1.807) is 18.2 Å². The van der Waals surface area contributed by atoms with Gasteiger partial charge in [-0.2, -0.15) is 9.40 Å². The lowest BCUT2D eigenvalue weighted by molar-refractivity contribution is 0.248. The van der Waals surface area contributed by atoms with Crippen LogP contribution in [0.5, 0.6) is 0 Å². The van der Waals surface area contributed by atoms with E-state index in [2.05, 4.69) is 15.0 Å². The number of sulfonamides is 1. The molecule has 3 aromatic rings. The summed E-state index contributed by atoms with van der Waals surface area (Å²) in [7, 11) is -3.32. The van der Waals surface area contributed by atoms with Crippen molar-refractivity contribution in [3.63, 3.8) is 0 Å². The molecule has 3 heterocycles. The van der Waals surface area contributed by atoms with E-state index in [1.807, 2.05) is 35.0 Å². The van der Waals surface area contributed by atoms with Crippen LogP contribution in [0, 0.1) is 4.91 Å². The van der Waals surface area contributed by atoms with E-state index >= 15 is 0 Å². The Morgan fingerprint density at radius 2 is 1.71 bits per heavy atom. The summed E-state index contributed by atoms with van der Waals surface area (Å²) in [6.45, 7) is 5.36. The van der Waals surface area contributed by atoms with Gasteiger partial charge < -0.3 is 4.90 Å². The maximum Gasteiger partial charge on any atom is 0.211 e. The lowest BCUT2D eigenvalue weighted by Gasteiger charge is -2.36. The first-order valence-electron chi connectivity index (χ1n) is 13.0. The molecular weight excluding hydrogens is 507 g/mol. The van der Waals surface area contributed by atoms with Crippen molar-refractivity contribution in [1.82, 2.24) is 19.0 Å². The zero-order chi connectivity index (χ0) is 26.7. The third kappa shape index (κ3) is 5.64. The molecule has 5 rings (SSSR count). The van der Waals surface area contributed by atoms with Gasteiger partial charge in [0.05, 0.1) is 17.6 Å². The van der Waals surface area contributed by atoms with Crippen LogP contribution >= 0.6 is 0 Å². The van der Waals surface area contributed by atoms with Crippen LogP contribution in [0.4, 0.5) is 15.8 Å². The molecule has 9 nitrogen and oxygen atoms in total. The van der Waals surface area contributed by atoms with Crippen LogP contribution in [-0.4, -0.2) is 72.9 Å². The van der Waals surface area contributed by atoms with Gasteiger partial charge in [-0.05, 0) is 29.3 Å². The number of fused-ring (bicyclic) bond motifs is 1. The van der Waals surface area contributed by atoms with Crippen molar-refractivity contribution in [2.24, 2.45) is 5.18 Å². The maximum absolute atomic E-state index is 13.0. The number of anilines is 1. The van der Waals surface area contributed by atoms with Crippen LogP contribution in [0.15, 0.2) is 53.7 Å². The van der Waals surface area contributed by atoms with E-state index in [9.17, 15) is 17.7 Å². The van der Waals surface area contributed by atoms with Gasteiger partial charge in [0.15, 0.2) is 0 Å². The summed E-state index contributed by atoms with van der Waals surface area (Å²) >= 11 is 0. The molecule has 0 aliphatic carbocycles. The fraction of sp³-hybridized carbons (Fsp3) is 0.444. The van der Waals surface area contributed by atoms with Crippen LogP contribution in [-0.2, 0) is 36.2 Å². The largest absolute Gasteiger partial charge is 0.367 e. The Morgan fingerprint density at radius 1 is 0.974 bits per heavy atom.